The third kappa shape index (κ3) is 3.48. The number of carbonyl (C=O) groups is 2. The third-order valence-corrected chi connectivity index (χ3v) is 4.95. The van der Waals surface area contributed by atoms with Crippen molar-refractivity contribution in [2.75, 3.05) is 4.90 Å². The predicted molar refractivity (Wildman–Crippen MR) is 116 cm³/mol. The van der Waals surface area contributed by atoms with Crippen LogP contribution in [-0.4, -0.2) is 27.7 Å². The average Bonchev–Trinajstić information content (AvgIpc) is 2.98. The number of fused-ring (bicyclic) bond motifs is 2. The highest BCUT2D eigenvalue weighted by Crippen LogP contribution is 2.29. The maximum atomic E-state index is 12.7. The molecule has 3 aromatic carbocycles. The smallest absolute Gasteiger partial charge is 0.284 e. The Morgan fingerprint density at radius 1 is 1.10 bits per heavy atom. The Bertz CT molecular complexity index is 1200. The number of hydrogen-bond donors (Lipinski definition) is 2. The minimum absolute atomic E-state index is 0.0983. The predicted octanol–water partition coefficient (Wildman–Crippen LogP) is 3.30. The molecule has 2 amide bonds. The van der Waals surface area contributed by atoms with Crippen LogP contribution < -0.4 is 10.2 Å². The lowest BCUT2D eigenvalue weighted by Crippen LogP contribution is -2.35. The Morgan fingerprint density at radius 2 is 1.76 bits per heavy atom. The Kier molecular flexibility index (Phi) is 4.82. The molecule has 1 aliphatic heterocycles. The highest BCUT2D eigenvalue weighted by molar-refractivity contribution is 7.80. The summed E-state index contributed by atoms with van der Waals surface area (Å²) >= 11 is 5.28. The van der Waals surface area contributed by atoms with Gasteiger partial charge in [-0.3, -0.25) is 9.59 Å². The largest absolute Gasteiger partial charge is 0.508 e. The Morgan fingerprint density at radius 3 is 2.48 bits per heavy atom. The van der Waals surface area contributed by atoms with Gasteiger partial charge in [-0.15, -0.1) is 0 Å². The second-order valence-corrected chi connectivity index (χ2v) is 7.01. The number of hydrogen-bond acceptors (Lipinski definition) is 4. The van der Waals surface area contributed by atoms with E-state index in [-0.39, 0.29) is 29.0 Å². The molecule has 1 heterocycles. The van der Waals surface area contributed by atoms with Gasteiger partial charge in [0.2, 0.25) is 5.91 Å². The van der Waals surface area contributed by atoms with Crippen molar-refractivity contribution in [1.82, 2.24) is 5.32 Å². The van der Waals surface area contributed by atoms with Gasteiger partial charge in [-0.05, 0) is 41.2 Å². The van der Waals surface area contributed by atoms with Crippen molar-refractivity contribution in [2.45, 2.75) is 13.5 Å². The fraction of sp³-hybridized carbons (Fsp3) is 0.0909. The SMILES string of the molecule is CC(=O)N1C(=O)/C(=N\C(=S)NCc2cc3ccccc3cc2O)c2ccccc21. The molecule has 29 heavy (non-hydrogen) atoms. The molecular weight excluding hydrogens is 386 g/mol. The normalized spacial score (nSPS) is 14.3. The lowest BCUT2D eigenvalue weighted by molar-refractivity contribution is -0.121. The second-order valence-electron chi connectivity index (χ2n) is 6.62. The molecule has 0 fully saturated rings. The first kappa shape index (κ1) is 18.8. The minimum Gasteiger partial charge on any atom is -0.508 e. The zero-order valence-corrected chi connectivity index (χ0v) is 16.4. The van der Waals surface area contributed by atoms with Crippen LogP contribution >= 0.6 is 12.2 Å². The molecule has 3 aromatic rings. The molecule has 0 saturated carbocycles. The van der Waals surface area contributed by atoms with Gasteiger partial charge in [-0.25, -0.2) is 9.89 Å². The van der Waals surface area contributed by atoms with Crippen LogP contribution in [0.5, 0.6) is 5.75 Å². The third-order valence-electron chi connectivity index (χ3n) is 4.71. The van der Waals surface area contributed by atoms with E-state index in [0.717, 1.165) is 15.7 Å². The summed E-state index contributed by atoms with van der Waals surface area (Å²) in [5.74, 6) is -0.735. The molecule has 7 heteroatoms. The van der Waals surface area contributed by atoms with E-state index in [1.54, 1.807) is 30.3 Å². The number of nitrogens with one attached hydrogen (secondary N) is 1. The fourth-order valence-corrected chi connectivity index (χ4v) is 3.51. The molecule has 0 spiro atoms. The number of phenolic OH excluding ortho intramolecular Hbond substituents is 1. The number of rotatable bonds is 2. The van der Waals surface area contributed by atoms with Crippen LogP contribution in [0.3, 0.4) is 0 Å². The zero-order valence-electron chi connectivity index (χ0n) is 15.5. The summed E-state index contributed by atoms with van der Waals surface area (Å²) in [6, 6.07) is 18.2. The molecule has 144 valence electrons. The molecule has 1 aliphatic rings. The van der Waals surface area contributed by atoms with Crippen LogP contribution in [0.15, 0.2) is 65.7 Å². The Balaban J connectivity index is 1.57. The number of carbonyl (C=O) groups excluding carboxylic acids is 2. The number of benzene rings is 3. The summed E-state index contributed by atoms with van der Waals surface area (Å²) in [6.07, 6.45) is 0. The zero-order chi connectivity index (χ0) is 20.5. The van der Waals surface area contributed by atoms with Crippen LogP contribution in [0.4, 0.5) is 5.69 Å². The molecule has 0 aromatic heterocycles. The minimum atomic E-state index is -0.503. The molecule has 0 unspecified atom stereocenters. The Hall–Kier alpha value is -3.58. The van der Waals surface area contributed by atoms with E-state index in [2.05, 4.69) is 10.3 Å². The molecular formula is C22H17N3O3S. The molecule has 2 N–H and O–H groups in total. The van der Waals surface area contributed by atoms with E-state index in [1.807, 2.05) is 30.3 Å². The number of aliphatic imine (C=N–C) groups is 1. The lowest BCUT2D eigenvalue weighted by Gasteiger charge is -2.11. The van der Waals surface area contributed by atoms with E-state index in [9.17, 15) is 14.7 Å². The van der Waals surface area contributed by atoms with Crippen molar-refractivity contribution < 1.29 is 14.7 Å². The van der Waals surface area contributed by atoms with Gasteiger partial charge in [0.25, 0.3) is 5.91 Å². The van der Waals surface area contributed by atoms with Gasteiger partial charge in [-0.1, -0.05) is 42.5 Å². The molecule has 0 atom stereocenters. The first-order valence-corrected chi connectivity index (χ1v) is 9.38. The number of nitrogens with zero attached hydrogens (tertiary/aromatic N) is 2. The van der Waals surface area contributed by atoms with Crippen LogP contribution in [-0.2, 0) is 16.1 Å². The van der Waals surface area contributed by atoms with Crippen LogP contribution in [0.25, 0.3) is 10.8 Å². The van der Waals surface area contributed by atoms with Crippen molar-refractivity contribution in [3.05, 3.63) is 71.8 Å². The molecule has 4 rings (SSSR count). The molecule has 0 aliphatic carbocycles. The lowest BCUT2D eigenvalue weighted by atomic mass is 10.1. The van der Waals surface area contributed by atoms with Crippen molar-refractivity contribution in [1.29, 1.82) is 0 Å². The molecule has 0 bridgehead atoms. The number of para-hydroxylation sites is 1. The van der Waals surface area contributed by atoms with Crippen molar-refractivity contribution in [3.63, 3.8) is 0 Å². The number of phenols is 1. The second kappa shape index (κ2) is 7.44. The van der Waals surface area contributed by atoms with E-state index < -0.39 is 5.91 Å². The number of imide groups is 1. The highest BCUT2D eigenvalue weighted by atomic mass is 32.1. The number of aromatic hydroxyl groups is 1. The van der Waals surface area contributed by atoms with Gasteiger partial charge in [0, 0.05) is 24.6 Å². The average molecular weight is 403 g/mol. The van der Waals surface area contributed by atoms with Gasteiger partial charge in [0.1, 0.15) is 11.5 Å². The number of amides is 2. The van der Waals surface area contributed by atoms with Gasteiger partial charge in [0.05, 0.1) is 5.69 Å². The summed E-state index contributed by atoms with van der Waals surface area (Å²) in [6.45, 7) is 1.58. The first-order valence-electron chi connectivity index (χ1n) is 8.97. The topological polar surface area (TPSA) is 82.0 Å². The molecule has 0 radical (unpaired) electrons. The molecule has 6 nitrogen and oxygen atoms in total. The highest BCUT2D eigenvalue weighted by Gasteiger charge is 2.36. The first-order chi connectivity index (χ1) is 14.0. The summed E-state index contributed by atoms with van der Waals surface area (Å²) in [7, 11) is 0. The van der Waals surface area contributed by atoms with Gasteiger partial charge in [-0.2, -0.15) is 0 Å². The quantitative estimate of drug-likeness (QED) is 0.642. The van der Waals surface area contributed by atoms with E-state index in [1.165, 1.54) is 6.92 Å². The van der Waals surface area contributed by atoms with Gasteiger partial charge >= 0.3 is 0 Å². The molecule has 0 saturated heterocycles. The summed E-state index contributed by atoms with van der Waals surface area (Å²) in [5, 5.41) is 15.2. The Labute approximate surface area is 172 Å². The number of anilines is 1. The van der Waals surface area contributed by atoms with Gasteiger partial charge in [0.15, 0.2) is 5.11 Å². The summed E-state index contributed by atoms with van der Waals surface area (Å²) in [4.78, 5) is 29.9. The van der Waals surface area contributed by atoms with Crippen molar-refractivity contribution in [2.24, 2.45) is 4.99 Å². The van der Waals surface area contributed by atoms with E-state index in [0.29, 0.717) is 16.8 Å². The van der Waals surface area contributed by atoms with E-state index >= 15 is 0 Å². The summed E-state index contributed by atoms with van der Waals surface area (Å²) in [5.41, 5.74) is 1.84. The number of thiocarbonyl (C=S) groups is 1. The fourth-order valence-electron chi connectivity index (χ4n) is 3.35. The van der Waals surface area contributed by atoms with Crippen LogP contribution in [0, 0.1) is 0 Å². The van der Waals surface area contributed by atoms with Crippen LogP contribution in [0.2, 0.25) is 0 Å². The van der Waals surface area contributed by atoms with Gasteiger partial charge < -0.3 is 10.4 Å². The summed E-state index contributed by atoms with van der Waals surface area (Å²) < 4.78 is 0. The standard InChI is InChI=1S/C22H17N3O3S/c1-13(26)25-18-9-5-4-8-17(18)20(21(25)28)24-22(29)23-12-16-10-14-6-2-3-7-15(14)11-19(16)27/h2-11,27H,12H2,1H3,(H,23,29)/b24-20-. The van der Waals surface area contributed by atoms with Crippen molar-refractivity contribution >= 4 is 51.3 Å². The van der Waals surface area contributed by atoms with Crippen LogP contribution in [0.1, 0.15) is 18.1 Å². The monoisotopic (exact) mass is 403 g/mol. The van der Waals surface area contributed by atoms with E-state index in [4.69, 9.17) is 12.2 Å². The maximum absolute atomic E-state index is 12.7. The maximum Gasteiger partial charge on any atom is 0.284 e. The van der Waals surface area contributed by atoms with Crippen molar-refractivity contribution in [3.8, 4) is 5.75 Å².